The molecule has 20 heavy (non-hydrogen) atoms. The van der Waals surface area contributed by atoms with Gasteiger partial charge in [0.1, 0.15) is 6.07 Å². The number of aromatic nitrogens is 1. The largest absolute Gasteiger partial charge is 0.383 e. The Labute approximate surface area is 117 Å². The Hall–Kier alpha value is -2.24. The molecule has 0 fully saturated rings. The molecular formula is C12H17N5O3. The first-order valence-electron chi connectivity index (χ1n) is 6.04. The van der Waals surface area contributed by atoms with Gasteiger partial charge < -0.3 is 15.0 Å². The highest BCUT2D eigenvalue weighted by Gasteiger charge is 2.16. The third kappa shape index (κ3) is 4.79. The molecule has 0 unspecified atom stereocenters. The summed E-state index contributed by atoms with van der Waals surface area (Å²) in [6.45, 7) is 2.62. The summed E-state index contributed by atoms with van der Waals surface area (Å²) in [6.07, 6.45) is 1.31. The number of anilines is 1. The van der Waals surface area contributed by atoms with Crippen LogP contribution >= 0.6 is 0 Å². The molecule has 0 aliphatic carbocycles. The van der Waals surface area contributed by atoms with Gasteiger partial charge in [-0.25, -0.2) is 4.98 Å². The number of nitrogens with zero attached hydrogens (tertiary/aromatic N) is 4. The third-order valence-corrected chi connectivity index (χ3v) is 2.66. The topological polar surface area (TPSA) is 104 Å². The minimum atomic E-state index is -0.551. The van der Waals surface area contributed by atoms with E-state index >= 15 is 0 Å². The number of pyridine rings is 1. The van der Waals surface area contributed by atoms with Crippen LogP contribution < -0.4 is 5.32 Å². The van der Waals surface area contributed by atoms with Gasteiger partial charge in [-0.15, -0.1) is 0 Å². The van der Waals surface area contributed by atoms with Gasteiger partial charge in [0, 0.05) is 39.0 Å². The Morgan fingerprint density at radius 1 is 1.60 bits per heavy atom. The van der Waals surface area contributed by atoms with E-state index in [0.29, 0.717) is 19.7 Å². The smallest absolute Gasteiger partial charge is 0.312 e. The van der Waals surface area contributed by atoms with Crippen LogP contribution in [0.25, 0.3) is 0 Å². The third-order valence-electron chi connectivity index (χ3n) is 2.66. The number of rotatable bonds is 8. The zero-order valence-electron chi connectivity index (χ0n) is 11.5. The maximum absolute atomic E-state index is 10.9. The van der Waals surface area contributed by atoms with Crippen LogP contribution in [-0.2, 0) is 4.74 Å². The fourth-order valence-corrected chi connectivity index (χ4v) is 1.51. The normalized spacial score (nSPS) is 10.3. The SMILES string of the molecule is COCCN(C)CCNc1ncc(C#N)cc1[N+](=O)[O-]. The Morgan fingerprint density at radius 2 is 2.35 bits per heavy atom. The fourth-order valence-electron chi connectivity index (χ4n) is 1.51. The van der Waals surface area contributed by atoms with Crippen molar-refractivity contribution < 1.29 is 9.66 Å². The van der Waals surface area contributed by atoms with E-state index in [4.69, 9.17) is 10.00 Å². The first kappa shape index (κ1) is 15.8. The summed E-state index contributed by atoms with van der Waals surface area (Å²) >= 11 is 0. The highest BCUT2D eigenvalue weighted by Crippen LogP contribution is 2.22. The van der Waals surface area contributed by atoms with Gasteiger partial charge in [0.05, 0.1) is 17.1 Å². The number of ether oxygens (including phenoxy) is 1. The lowest BCUT2D eigenvalue weighted by molar-refractivity contribution is -0.384. The molecule has 1 rings (SSSR count). The van der Waals surface area contributed by atoms with Gasteiger partial charge in [-0.3, -0.25) is 10.1 Å². The van der Waals surface area contributed by atoms with Crippen LogP contribution in [-0.4, -0.2) is 55.2 Å². The number of nitro groups is 1. The van der Waals surface area contributed by atoms with E-state index in [9.17, 15) is 10.1 Å². The molecule has 0 aromatic carbocycles. The molecule has 0 saturated carbocycles. The van der Waals surface area contributed by atoms with Crippen molar-refractivity contribution in [1.82, 2.24) is 9.88 Å². The molecule has 0 bridgehead atoms. The second-order valence-electron chi connectivity index (χ2n) is 4.18. The first-order valence-corrected chi connectivity index (χ1v) is 6.04. The number of methoxy groups -OCH3 is 1. The summed E-state index contributed by atoms with van der Waals surface area (Å²) in [5.74, 6) is 0.175. The first-order chi connectivity index (χ1) is 9.58. The van der Waals surface area contributed by atoms with Crippen molar-refractivity contribution in [2.24, 2.45) is 0 Å². The molecule has 0 aliphatic heterocycles. The van der Waals surface area contributed by atoms with E-state index in [1.54, 1.807) is 7.11 Å². The van der Waals surface area contributed by atoms with Gasteiger partial charge in [0.2, 0.25) is 5.82 Å². The minimum absolute atomic E-state index is 0.166. The Bertz CT molecular complexity index is 500. The lowest BCUT2D eigenvalue weighted by Crippen LogP contribution is -2.28. The van der Waals surface area contributed by atoms with E-state index in [1.807, 2.05) is 18.0 Å². The van der Waals surface area contributed by atoms with Gasteiger partial charge in [0.15, 0.2) is 0 Å². The molecule has 108 valence electrons. The van der Waals surface area contributed by atoms with Gasteiger partial charge in [-0.2, -0.15) is 5.26 Å². The molecule has 0 atom stereocenters. The number of hydrogen-bond acceptors (Lipinski definition) is 7. The van der Waals surface area contributed by atoms with Crippen molar-refractivity contribution >= 4 is 11.5 Å². The second kappa shape index (κ2) is 8.04. The molecule has 0 saturated heterocycles. The highest BCUT2D eigenvalue weighted by atomic mass is 16.6. The number of hydrogen-bond donors (Lipinski definition) is 1. The maximum Gasteiger partial charge on any atom is 0.312 e. The monoisotopic (exact) mass is 279 g/mol. The summed E-state index contributed by atoms with van der Waals surface area (Å²) in [5.41, 5.74) is -0.0249. The predicted octanol–water partition coefficient (Wildman–Crippen LogP) is 0.852. The molecule has 0 amide bonds. The van der Waals surface area contributed by atoms with Crippen LogP contribution in [0, 0.1) is 21.4 Å². The quantitative estimate of drug-likeness (QED) is 0.555. The summed E-state index contributed by atoms with van der Waals surface area (Å²) in [4.78, 5) is 16.3. The van der Waals surface area contributed by atoms with Crippen LogP contribution in [0.3, 0.4) is 0 Å². The second-order valence-corrected chi connectivity index (χ2v) is 4.18. The summed E-state index contributed by atoms with van der Waals surface area (Å²) in [5, 5.41) is 22.5. The van der Waals surface area contributed by atoms with Crippen molar-refractivity contribution in [2.45, 2.75) is 0 Å². The number of nitrogens with one attached hydrogen (secondary N) is 1. The van der Waals surface area contributed by atoms with Crippen LogP contribution in [0.2, 0.25) is 0 Å². The van der Waals surface area contributed by atoms with Crippen molar-refractivity contribution in [3.63, 3.8) is 0 Å². The van der Waals surface area contributed by atoms with Gasteiger partial charge in [0.25, 0.3) is 0 Å². The van der Waals surface area contributed by atoms with Gasteiger partial charge >= 0.3 is 5.69 Å². The van der Waals surface area contributed by atoms with Crippen LogP contribution in [0.15, 0.2) is 12.3 Å². The number of nitriles is 1. The molecule has 1 heterocycles. The zero-order chi connectivity index (χ0) is 15.0. The molecule has 8 heteroatoms. The molecule has 1 aromatic heterocycles. The Balaban J connectivity index is 2.60. The van der Waals surface area contributed by atoms with Crippen molar-refractivity contribution in [1.29, 1.82) is 5.26 Å². The zero-order valence-corrected chi connectivity index (χ0v) is 11.5. The average Bonchev–Trinajstić information content (AvgIpc) is 2.45. The minimum Gasteiger partial charge on any atom is -0.383 e. The molecule has 1 aromatic rings. The van der Waals surface area contributed by atoms with Gasteiger partial charge in [-0.05, 0) is 7.05 Å². The van der Waals surface area contributed by atoms with Crippen molar-refractivity contribution in [2.75, 3.05) is 45.7 Å². The van der Waals surface area contributed by atoms with E-state index < -0.39 is 4.92 Å². The van der Waals surface area contributed by atoms with E-state index in [0.717, 1.165) is 6.54 Å². The summed E-state index contributed by atoms with van der Waals surface area (Å²) in [7, 11) is 3.57. The fraction of sp³-hybridized carbons (Fsp3) is 0.500. The lowest BCUT2D eigenvalue weighted by Gasteiger charge is -2.16. The van der Waals surface area contributed by atoms with Gasteiger partial charge in [-0.1, -0.05) is 0 Å². The Morgan fingerprint density at radius 3 is 2.95 bits per heavy atom. The van der Waals surface area contributed by atoms with E-state index in [-0.39, 0.29) is 17.1 Å². The maximum atomic E-state index is 10.9. The molecule has 0 aliphatic rings. The summed E-state index contributed by atoms with van der Waals surface area (Å²) in [6, 6.07) is 3.04. The lowest BCUT2D eigenvalue weighted by atomic mass is 10.3. The van der Waals surface area contributed by atoms with E-state index in [2.05, 4.69) is 10.3 Å². The highest BCUT2D eigenvalue weighted by molar-refractivity contribution is 5.58. The predicted molar refractivity (Wildman–Crippen MR) is 73.5 cm³/mol. The van der Waals surface area contributed by atoms with Crippen molar-refractivity contribution in [3.8, 4) is 6.07 Å². The standard InChI is InChI=1S/C12H17N5O3/c1-16(5-6-20-2)4-3-14-12-11(17(18)19)7-10(8-13)9-15-12/h7,9H,3-6H2,1-2H3,(H,14,15). The Kier molecular flexibility index (Phi) is 6.36. The van der Waals surface area contributed by atoms with Crippen LogP contribution in [0.1, 0.15) is 5.56 Å². The molecular weight excluding hydrogens is 262 g/mol. The molecule has 8 nitrogen and oxygen atoms in total. The number of likely N-dealkylation sites (N-methyl/N-ethyl adjacent to an activating group) is 1. The molecule has 0 radical (unpaired) electrons. The molecule has 0 spiro atoms. The van der Waals surface area contributed by atoms with E-state index in [1.165, 1.54) is 12.3 Å². The molecule has 1 N–H and O–H groups in total. The summed E-state index contributed by atoms with van der Waals surface area (Å²) < 4.78 is 4.96. The van der Waals surface area contributed by atoms with Crippen molar-refractivity contribution in [3.05, 3.63) is 27.9 Å². The average molecular weight is 279 g/mol. The van der Waals surface area contributed by atoms with Crippen LogP contribution in [0.5, 0.6) is 0 Å². The van der Waals surface area contributed by atoms with Crippen LogP contribution in [0.4, 0.5) is 11.5 Å².